The van der Waals surface area contributed by atoms with Crippen LogP contribution < -0.4 is 5.32 Å². The maximum atomic E-state index is 13.7. The van der Waals surface area contributed by atoms with Crippen molar-refractivity contribution in [3.8, 4) is 11.3 Å². The number of hydrogen-bond donors (Lipinski definition) is 1. The lowest BCUT2D eigenvalue weighted by atomic mass is 10.2. The topological polar surface area (TPSA) is 42.2 Å². The van der Waals surface area contributed by atoms with Gasteiger partial charge in [0, 0.05) is 10.6 Å². The maximum Gasteiger partial charge on any atom is 0.291 e. The van der Waals surface area contributed by atoms with Gasteiger partial charge in [0.2, 0.25) is 0 Å². The average molecular weight is 334 g/mol. The monoisotopic (exact) mass is 333 g/mol. The number of hydrogen-bond acceptors (Lipinski definition) is 2. The van der Waals surface area contributed by atoms with Gasteiger partial charge in [-0.25, -0.2) is 8.78 Å². The molecule has 0 spiro atoms. The van der Waals surface area contributed by atoms with Gasteiger partial charge in [0.25, 0.3) is 5.91 Å². The normalized spacial score (nSPS) is 10.6. The molecule has 0 aliphatic rings. The molecule has 0 unspecified atom stereocenters. The van der Waals surface area contributed by atoms with Gasteiger partial charge < -0.3 is 9.73 Å². The molecule has 116 valence electrons. The first kappa shape index (κ1) is 15.2. The molecule has 23 heavy (non-hydrogen) atoms. The predicted molar refractivity (Wildman–Crippen MR) is 83.5 cm³/mol. The summed E-state index contributed by atoms with van der Waals surface area (Å²) < 4.78 is 32.0. The minimum atomic E-state index is -0.642. The molecule has 0 saturated heterocycles. The van der Waals surface area contributed by atoms with Crippen molar-refractivity contribution < 1.29 is 18.0 Å². The lowest BCUT2D eigenvalue weighted by Crippen LogP contribution is -2.12. The number of nitrogens with one attached hydrogen (secondary N) is 1. The minimum Gasteiger partial charge on any atom is -0.451 e. The predicted octanol–water partition coefficient (Wildman–Crippen LogP) is 5.13. The van der Waals surface area contributed by atoms with Crippen molar-refractivity contribution in [1.29, 1.82) is 0 Å². The van der Waals surface area contributed by atoms with E-state index in [0.29, 0.717) is 11.3 Å². The van der Waals surface area contributed by atoms with Crippen molar-refractivity contribution in [2.45, 2.75) is 0 Å². The number of amides is 1. The fraction of sp³-hybridized carbons (Fsp3) is 0. The molecular formula is C17H10ClF2NO2. The fourth-order valence-electron chi connectivity index (χ4n) is 2.00. The zero-order chi connectivity index (χ0) is 16.4. The Morgan fingerprint density at radius 1 is 1.00 bits per heavy atom. The van der Waals surface area contributed by atoms with Gasteiger partial charge in [0.1, 0.15) is 17.4 Å². The van der Waals surface area contributed by atoms with Crippen LogP contribution in [0, 0.1) is 11.6 Å². The van der Waals surface area contributed by atoms with E-state index in [-0.39, 0.29) is 22.3 Å². The molecule has 1 heterocycles. The van der Waals surface area contributed by atoms with Crippen molar-refractivity contribution in [1.82, 2.24) is 0 Å². The highest BCUT2D eigenvalue weighted by Gasteiger charge is 2.14. The summed E-state index contributed by atoms with van der Waals surface area (Å²) in [5.41, 5.74) is 0.627. The molecule has 0 aliphatic heterocycles. The molecule has 1 aromatic heterocycles. The van der Waals surface area contributed by atoms with Crippen LogP contribution in [-0.2, 0) is 0 Å². The van der Waals surface area contributed by atoms with Crippen LogP contribution in [0.15, 0.2) is 59.0 Å². The van der Waals surface area contributed by atoms with Crippen LogP contribution >= 0.6 is 11.6 Å². The van der Waals surface area contributed by atoms with Crippen LogP contribution in [0.4, 0.5) is 14.5 Å². The maximum absolute atomic E-state index is 13.7. The Labute approximate surface area is 135 Å². The summed E-state index contributed by atoms with van der Waals surface area (Å²) in [6.45, 7) is 0. The number of halogens is 3. The number of benzene rings is 2. The molecule has 0 radical (unpaired) electrons. The van der Waals surface area contributed by atoms with Crippen LogP contribution in [0.1, 0.15) is 10.6 Å². The molecule has 0 saturated carbocycles. The molecule has 1 N–H and O–H groups in total. The molecule has 0 aliphatic carbocycles. The van der Waals surface area contributed by atoms with Crippen molar-refractivity contribution in [2.75, 3.05) is 5.32 Å². The van der Waals surface area contributed by atoms with Gasteiger partial charge in [-0.05, 0) is 54.6 Å². The van der Waals surface area contributed by atoms with Crippen LogP contribution in [-0.4, -0.2) is 5.91 Å². The summed E-state index contributed by atoms with van der Waals surface area (Å²) in [5, 5.41) is 2.63. The Balaban J connectivity index is 1.79. The van der Waals surface area contributed by atoms with Gasteiger partial charge in [0.05, 0.1) is 5.69 Å². The lowest BCUT2D eigenvalue weighted by molar-refractivity contribution is 0.0997. The molecule has 2 aromatic carbocycles. The molecule has 3 nitrogen and oxygen atoms in total. The number of rotatable bonds is 3. The summed E-state index contributed by atoms with van der Waals surface area (Å²) in [5.74, 6) is -1.18. The largest absolute Gasteiger partial charge is 0.451 e. The molecule has 0 atom stereocenters. The van der Waals surface area contributed by atoms with Gasteiger partial charge >= 0.3 is 0 Å². The summed E-state index contributed by atoms with van der Waals surface area (Å²) in [7, 11) is 0. The first-order valence-electron chi connectivity index (χ1n) is 6.65. The Morgan fingerprint density at radius 3 is 2.43 bits per heavy atom. The summed E-state index contributed by atoms with van der Waals surface area (Å²) >= 11 is 5.65. The number of anilines is 1. The van der Waals surface area contributed by atoms with E-state index >= 15 is 0 Å². The summed E-state index contributed by atoms with van der Waals surface area (Å²) in [4.78, 5) is 12.1. The minimum absolute atomic E-state index is 0.000804. The lowest BCUT2D eigenvalue weighted by Gasteiger charge is -2.04. The van der Waals surface area contributed by atoms with E-state index in [1.165, 1.54) is 42.5 Å². The molecule has 1 amide bonds. The SMILES string of the molecule is O=C(Nc1ccc(Cl)cc1F)c1ccc(-c2ccc(F)cc2)o1. The van der Waals surface area contributed by atoms with Crippen LogP contribution in [0.25, 0.3) is 11.3 Å². The highest BCUT2D eigenvalue weighted by molar-refractivity contribution is 6.30. The smallest absolute Gasteiger partial charge is 0.291 e. The third-order valence-electron chi connectivity index (χ3n) is 3.14. The second kappa shape index (κ2) is 6.22. The van der Waals surface area contributed by atoms with E-state index in [4.69, 9.17) is 16.0 Å². The van der Waals surface area contributed by atoms with Crippen LogP contribution in [0.3, 0.4) is 0 Å². The Hall–Kier alpha value is -2.66. The molecule has 3 rings (SSSR count). The first-order valence-corrected chi connectivity index (χ1v) is 7.03. The van der Waals surface area contributed by atoms with Gasteiger partial charge in [-0.15, -0.1) is 0 Å². The average Bonchev–Trinajstić information content (AvgIpc) is 3.01. The van der Waals surface area contributed by atoms with E-state index < -0.39 is 11.7 Å². The zero-order valence-corrected chi connectivity index (χ0v) is 12.4. The van der Waals surface area contributed by atoms with Crippen LogP contribution in [0.5, 0.6) is 0 Å². The van der Waals surface area contributed by atoms with Gasteiger partial charge in [-0.3, -0.25) is 4.79 Å². The van der Waals surface area contributed by atoms with Crippen molar-refractivity contribution in [3.05, 3.63) is 77.0 Å². The summed E-state index contributed by atoms with van der Waals surface area (Å²) in [6.07, 6.45) is 0. The fourth-order valence-corrected chi connectivity index (χ4v) is 2.16. The highest BCUT2D eigenvalue weighted by Crippen LogP contribution is 2.24. The van der Waals surface area contributed by atoms with E-state index in [2.05, 4.69) is 5.32 Å². The zero-order valence-electron chi connectivity index (χ0n) is 11.6. The van der Waals surface area contributed by atoms with Crippen molar-refractivity contribution in [2.24, 2.45) is 0 Å². The quantitative estimate of drug-likeness (QED) is 0.722. The summed E-state index contributed by atoms with van der Waals surface area (Å²) in [6, 6.07) is 12.6. The van der Waals surface area contributed by atoms with Crippen molar-refractivity contribution >= 4 is 23.2 Å². The highest BCUT2D eigenvalue weighted by atomic mass is 35.5. The standard InChI is InChI=1S/C17H10ClF2NO2/c18-11-3-6-14(13(20)9-11)21-17(22)16-8-7-15(23-16)10-1-4-12(19)5-2-10/h1-9H,(H,21,22). The van der Waals surface area contributed by atoms with Crippen LogP contribution in [0.2, 0.25) is 5.02 Å². The van der Waals surface area contributed by atoms with E-state index in [1.807, 2.05) is 0 Å². The number of furan rings is 1. The number of carbonyl (C=O) groups is 1. The van der Waals surface area contributed by atoms with E-state index in [0.717, 1.165) is 6.07 Å². The molecule has 0 fully saturated rings. The third kappa shape index (κ3) is 3.40. The first-order chi connectivity index (χ1) is 11.0. The van der Waals surface area contributed by atoms with Gasteiger partial charge in [0.15, 0.2) is 5.76 Å². The molecule has 0 bridgehead atoms. The van der Waals surface area contributed by atoms with E-state index in [9.17, 15) is 13.6 Å². The number of carbonyl (C=O) groups excluding carboxylic acids is 1. The second-order valence-corrected chi connectivity index (χ2v) is 5.19. The van der Waals surface area contributed by atoms with E-state index in [1.54, 1.807) is 6.07 Å². The van der Waals surface area contributed by atoms with Gasteiger partial charge in [-0.1, -0.05) is 11.6 Å². The Kier molecular flexibility index (Phi) is 4.12. The Bertz CT molecular complexity index is 859. The Morgan fingerprint density at radius 2 is 1.74 bits per heavy atom. The van der Waals surface area contributed by atoms with Crippen molar-refractivity contribution in [3.63, 3.8) is 0 Å². The second-order valence-electron chi connectivity index (χ2n) is 4.75. The van der Waals surface area contributed by atoms with Gasteiger partial charge in [-0.2, -0.15) is 0 Å². The molecule has 3 aromatic rings. The third-order valence-corrected chi connectivity index (χ3v) is 3.37. The molecule has 6 heteroatoms. The molecular weight excluding hydrogens is 324 g/mol.